The van der Waals surface area contributed by atoms with Crippen LogP contribution in [0.2, 0.25) is 5.02 Å². The Balaban J connectivity index is 2.01. The number of halogens is 2. The first kappa shape index (κ1) is 12.8. The van der Waals surface area contributed by atoms with Gasteiger partial charge < -0.3 is 10.5 Å². The second-order valence-corrected chi connectivity index (χ2v) is 4.97. The Kier molecular flexibility index (Phi) is 4.37. The van der Waals surface area contributed by atoms with Crippen molar-refractivity contribution in [2.45, 2.75) is 25.3 Å². The van der Waals surface area contributed by atoms with Crippen molar-refractivity contribution in [1.29, 1.82) is 0 Å². The summed E-state index contributed by atoms with van der Waals surface area (Å²) in [4.78, 5) is 0. The van der Waals surface area contributed by atoms with Gasteiger partial charge in [0, 0.05) is 12.6 Å². The molecule has 1 aromatic carbocycles. The number of nitrogens with two attached hydrogens (primary N) is 1. The zero-order chi connectivity index (χ0) is 12.3. The Morgan fingerprint density at radius 3 is 3.06 bits per heavy atom. The predicted octanol–water partition coefficient (Wildman–Crippen LogP) is 2.78. The van der Waals surface area contributed by atoms with Crippen molar-refractivity contribution < 1.29 is 9.13 Å². The zero-order valence-corrected chi connectivity index (χ0v) is 10.4. The first-order chi connectivity index (χ1) is 8.18. The van der Waals surface area contributed by atoms with E-state index in [2.05, 4.69) is 0 Å². The van der Waals surface area contributed by atoms with E-state index in [0.29, 0.717) is 24.5 Å². The lowest BCUT2D eigenvalue weighted by molar-refractivity contribution is 0.0449. The minimum Gasteiger partial charge on any atom is -0.381 e. The maximum absolute atomic E-state index is 13.7. The Labute approximate surface area is 106 Å². The fourth-order valence-electron chi connectivity index (χ4n) is 2.23. The van der Waals surface area contributed by atoms with Crippen LogP contribution in [-0.2, 0) is 11.2 Å². The molecule has 0 saturated carbocycles. The van der Waals surface area contributed by atoms with Crippen LogP contribution in [0.3, 0.4) is 0 Å². The lowest BCUT2D eigenvalue weighted by atomic mass is 9.90. The van der Waals surface area contributed by atoms with E-state index in [0.717, 1.165) is 19.4 Å². The quantitative estimate of drug-likeness (QED) is 0.904. The third-order valence-electron chi connectivity index (χ3n) is 3.29. The first-order valence-corrected chi connectivity index (χ1v) is 6.32. The Morgan fingerprint density at radius 1 is 1.53 bits per heavy atom. The molecule has 0 aliphatic carbocycles. The van der Waals surface area contributed by atoms with Gasteiger partial charge in [0.15, 0.2) is 0 Å². The minimum absolute atomic E-state index is 0.0664. The number of rotatable bonds is 3. The van der Waals surface area contributed by atoms with E-state index in [1.807, 2.05) is 0 Å². The van der Waals surface area contributed by atoms with Gasteiger partial charge in [0.1, 0.15) is 5.82 Å². The van der Waals surface area contributed by atoms with Crippen molar-refractivity contribution in [1.82, 2.24) is 0 Å². The number of benzene rings is 1. The zero-order valence-electron chi connectivity index (χ0n) is 9.66. The third-order valence-corrected chi connectivity index (χ3v) is 3.58. The van der Waals surface area contributed by atoms with Gasteiger partial charge in [-0.1, -0.05) is 23.7 Å². The van der Waals surface area contributed by atoms with Crippen LogP contribution >= 0.6 is 11.6 Å². The summed E-state index contributed by atoms with van der Waals surface area (Å²) in [5.41, 5.74) is 6.70. The smallest absolute Gasteiger partial charge is 0.145 e. The molecule has 2 N–H and O–H groups in total. The number of ether oxygens (including phenoxy) is 1. The van der Waals surface area contributed by atoms with Crippen LogP contribution in [0.1, 0.15) is 18.4 Å². The Bertz CT molecular complexity index is 380. The van der Waals surface area contributed by atoms with Gasteiger partial charge >= 0.3 is 0 Å². The second-order valence-electron chi connectivity index (χ2n) is 4.56. The molecule has 1 heterocycles. The summed E-state index contributed by atoms with van der Waals surface area (Å²) in [6.45, 7) is 1.50. The molecule has 0 aromatic heterocycles. The molecule has 2 atom stereocenters. The summed E-state index contributed by atoms with van der Waals surface area (Å²) in [6.07, 6.45) is 2.61. The third kappa shape index (κ3) is 3.18. The fourth-order valence-corrected chi connectivity index (χ4v) is 2.42. The van der Waals surface area contributed by atoms with E-state index in [4.69, 9.17) is 22.1 Å². The van der Waals surface area contributed by atoms with Gasteiger partial charge in [-0.2, -0.15) is 0 Å². The maximum Gasteiger partial charge on any atom is 0.145 e. The van der Waals surface area contributed by atoms with Crippen molar-refractivity contribution in [3.8, 4) is 0 Å². The number of hydrogen-bond donors (Lipinski definition) is 1. The molecule has 0 spiro atoms. The van der Waals surface area contributed by atoms with Crippen molar-refractivity contribution in [3.63, 3.8) is 0 Å². The largest absolute Gasteiger partial charge is 0.381 e. The molecule has 4 heteroatoms. The molecule has 2 unspecified atom stereocenters. The molecule has 17 heavy (non-hydrogen) atoms. The summed E-state index contributed by atoms with van der Waals surface area (Å²) < 4.78 is 19.1. The molecule has 0 radical (unpaired) electrons. The number of hydrogen-bond acceptors (Lipinski definition) is 2. The summed E-state index contributed by atoms with van der Waals surface area (Å²) >= 11 is 5.74. The molecule has 1 fully saturated rings. The summed E-state index contributed by atoms with van der Waals surface area (Å²) in [7, 11) is 0. The van der Waals surface area contributed by atoms with E-state index in [1.165, 1.54) is 0 Å². The maximum atomic E-state index is 13.7. The summed E-state index contributed by atoms with van der Waals surface area (Å²) in [5.74, 6) is -0.0246. The van der Waals surface area contributed by atoms with Gasteiger partial charge in [0.25, 0.3) is 0 Å². The van der Waals surface area contributed by atoms with Gasteiger partial charge in [-0.3, -0.25) is 0 Å². The molecule has 0 amide bonds. The average molecular weight is 258 g/mol. The molecular formula is C13H17ClFNO. The highest BCUT2D eigenvalue weighted by Gasteiger charge is 2.22. The highest BCUT2D eigenvalue weighted by atomic mass is 35.5. The van der Waals surface area contributed by atoms with Crippen molar-refractivity contribution >= 4 is 11.6 Å². The monoisotopic (exact) mass is 257 g/mol. The average Bonchev–Trinajstić information content (AvgIpc) is 2.36. The van der Waals surface area contributed by atoms with Crippen LogP contribution in [0.25, 0.3) is 0 Å². The van der Waals surface area contributed by atoms with E-state index in [-0.39, 0.29) is 16.9 Å². The van der Waals surface area contributed by atoms with E-state index in [9.17, 15) is 4.39 Å². The van der Waals surface area contributed by atoms with Crippen LogP contribution in [0.4, 0.5) is 4.39 Å². The standard InChI is InChI=1S/C13H17ClFNO/c14-11-5-1-3-9(13(11)15)7-12(16)10-4-2-6-17-8-10/h1,3,5,10,12H,2,4,6-8,16H2. The van der Waals surface area contributed by atoms with E-state index in [1.54, 1.807) is 18.2 Å². The van der Waals surface area contributed by atoms with Crippen LogP contribution in [0.5, 0.6) is 0 Å². The fraction of sp³-hybridized carbons (Fsp3) is 0.538. The molecular weight excluding hydrogens is 241 g/mol. The molecule has 1 aliphatic rings. The molecule has 2 rings (SSSR count). The van der Waals surface area contributed by atoms with Gasteiger partial charge in [0.05, 0.1) is 11.6 Å². The summed E-state index contributed by atoms with van der Waals surface area (Å²) in [5, 5.41) is 0.162. The van der Waals surface area contributed by atoms with Crippen LogP contribution in [0, 0.1) is 11.7 Å². The van der Waals surface area contributed by atoms with Crippen molar-refractivity contribution in [2.24, 2.45) is 11.7 Å². The molecule has 2 nitrogen and oxygen atoms in total. The normalized spacial score (nSPS) is 22.4. The van der Waals surface area contributed by atoms with Gasteiger partial charge in [-0.05, 0) is 36.8 Å². The lowest BCUT2D eigenvalue weighted by Crippen LogP contribution is -2.37. The van der Waals surface area contributed by atoms with Gasteiger partial charge in [-0.25, -0.2) is 4.39 Å². The molecule has 0 bridgehead atoms. The molecule has 94 valence electrons. The highest BCUT2D eigenvalue weighted by Crippen LogP contribution is 2.23. The van der Waals surface area contributed by atoms with Crippen molar-refractivity contribution in [3.05, 3.63) is 34.6 Å². The van der Waals surface area contributed by atoms with Crippen LogP contribution in [0.15, 0.2) is 18.2 Å². The highest BCUT2D eigenvalue weighted by molar-refractivity contribution is 6.30. The van der Waals surface area contributed by atoms with Crippen LogP contribution in [-0.4, -0.2) is 19.3 Å². The van der Waals surface area contributed by atoms with Crippen molar-refractivity contribution in [2.75, 3.05) is 13.2 Å². The first-order valence-electron chi connectivity index (χ1n) is 5.94. The van der Waals surface area contributed by atoms with E-state index < -0.39 is 0 Å². The van der Waals surface area contributed by atoms with Gasteiger partial charge in [0.2, 0.25) is 0 Å². The second kappa shape index (κ2) is 5.80. The topological polar surface area (TPSA) is 35.2 Å². The summed E-state index contributed by atoms with van der Waals surface area (Å²) in [6, 6.07) is 4.98. The minimum atomic E-state index is -0.346. The molecule has 1 aromatic rings. The molecule has 1 aliphatic heterocycles. The molecule has 1 saturated heterocycles. The SMILES string of the molecule is NC(Cc1cccc(Cl)c1F)C1CCCOC1. The van der Waals surface area contributed by atoms with E-state index >= 15 is 0 Å². The van der Waals surface area contributed by atoms with Gasteiger partial charge in [-0.15, -0.1) is 0 Å². The van der Waals surface area contributed by atoms with Crippen LogP contribution < -0.4 is 5.73 Å². The Hall–Kier alpha value is -0.640. The lowest BCUT2D eigenvalue weighted by Gasteiger charge is -2.27. The predicted molar refractivity (Wildman–Crippen MR) is 66.6 cm³/mol. The Morgan fingerprint density at radius 2 is 2.35 bits per heavy atom.